The number of aryl methyl sites for hydroxylation is 1. The number of ketones is 2. The lowest BCUT2D eigenvalue weighted by Crippen LogP contribution is -2.10. The van der Waals surface area contributed by atoms with Crippen molar-refractivity contribution < 1.29 is 9.59 Å². The van der Waals surface area contributed by atoms with E-state index in [0.29, 0.717) is 5.92 Å². The van der Waals surface area contributed by atoms with E-state index in [2.05, 4.69) is 10.3 Å². The van der Waals surface area contributed by atoms with Gasteiger partial charge in [0.05, 0.1) is 12.6 Å². The van der Waals surface area contributed by atoms with Gasteiger partial charge >= 0.3 is 0 Å². The molecule has 1 aliphatic carbocycles. The average molecular weight is 207 g/mol. The van der Waals surface area contributed by atoms with Gasteiger partial charge in [0.1, 0.15) is 11.5 Å². The summed E-state index contributed by atoms with van der Waals surface area (Å²) in [5.74, 6) is 0.364. The highest BCUT2D eigenvalue weighted by atomic mass is 16.1. The van der Waals surface area contributed by atoms with Gasteiger partial charge in [-0.15, -0.1) is 5.10 Å². The van der Waals surface area contributed by atoms with Crippen LogP contribution in [-0.4, -0.2) is 26.6 Å². The molecule has 2 rings (SSSR count). The Balaban J connectivity index is 1.95. The monoisotopic (exact) mass is 207 g/mol. The summed E-state index contributed by atoms with van der Waals surface area (Å²) >= 11 is 0. The van der Waals surface area contributed by atoms with Crippen LogP contribution in [0, 0.1) is 11.8 Å². The molecule has 1 aromatic heterocycles. The van der Waals surface area contributed by atoms with E-state index in [1.54, 1.807) is 7.05 Å². The minimum absolute atomic E-state index is 0.0340. The number of hydrogen-bond donors (Lipinski definition) is 0. The Morgan fingerprint density at radius 3 is 2.73 bits per heavy atom. The van der Waals surface area contributed by atoms with Crippen LogP contribution in [0.5, 0.6) is 0 Å². The smallest absolute Gasteiger partial charge is 0.192 e. The standard InChI is InChI=1S/C10H13N3O2/c1-6-3-7(6)9(14)4-10(15)8-5-13(2)12-11-8/h5-7H,3-4H2,1-2H3. The molecular weight excluding hydrogens is 194 g/mol. The van der Waals surface area contributed by atoms with Gasteiger partial charge in [0.25, 0.3) is 0 Å². The highest BCUT2D eigenvalue weighted by Crippen LogP contribution is 2.39. The lowest BCUT2D eigenvalue weighted by Gasteiger charge is -1.95. The fourth-order valence-corrected chi connectivity index (χ4v) is 1.63. The normalized spacial score (nSPS) is 23.9. The molecule has 5 heteroatoms. The van der Waals surface area contributed by atoms with Gasteiger partial charge in [0.15, 0.2) is 5.78 Å². The van der Waals surface area contributed by atoms with Crippen LogP contribution in [0.25, 0.3) is 0 Å². The van der Waals surface area contributed by atoms with Gasteiger partial charge in [-0.05, 0) is 12.3 Å². The summed E-state index contributed by atoms with van der Waals surface area (Å²) in [4.78, 5) is 23.1. The summed E-state index contributed by atoms with van der Waals surface area (Å²) in [6, 6.07) is 0. The quantitative estimate of drug-likeness (QED) is 0.536. The summed E-state index contributed by atoms with van der Waals surface area (Å²) in [5.41, 5.74) is 0.277. The Morgan fingerprint density at radius 1 is 1.60 bits per heavy atom. The molecule has 0 N–H and O–H groups in total. The van der Waals surface area contributed by atoms with Crippen LogP contribution in [0.2, 0.25) is 0 Å². The van der Waals surface area contributed by atoms with Crippen molar-refractivity contribution in [1.82, 2.24) is 15.0 Å². The predicted octanol–water partition coefficient (Wildman–Crippen LogP) is 0.613. The molecule has 1 saturated carbocycles. The fourth-order valence-electron chi connectivity index (χ4n) is 1.63. The van der Waals surface area contributed by atoms with Crippen molar-refractivity contribution in [3.05, 3.63) is 11.9 Å². The van der Waals surface area contributed by atoms with Crippen LogP contribution in [0.15, 0.2) is 6.20 Å². The second-order valence-electron chi connectivity index (χ2n) is 4.16. The van der Waals surface area contributed by atoms with Crippen molar-refractivity contribution in [3.8, 4) is 0 Å². The zero-order chi connectivity index (χ0) is 11.0. The van der Waals surface area contributed by atoms with E-state index in [1.807, 2.05) is 6.92 Å². The summed E-state index contributed by atoms with van der Waals surface area (Å²) in [5, 5.41) is 7.33. The molecule has 0 aromatic carbocycles. The van der Waals surface area contributed by atoms with E-state index < -0.39 is 0 Å². The first-order valence-electron chi connectivity index (χ1n) is 5.00. The number of Topliss-reactive ketones (excluding diaryl/α,β-unsaturated/α-hetero) is 2. The Labute approximate surface area is 87.5 Å². The number of nitrogens with zero attached hydrogens (tertiary/aromatic N) is 3. The van der Waals surface area contributed by atoms with E-state index in [9.17, 15) is 9.59 Å². The second-order valence-corrected chi connectivity index (χ2v) is 4.16. The molecule has 1 heterocycles. The topological polar surface area (TPSA) is 64.8 Å². The summed E-state index contributed by atoms with van der Waals surface area (Å²) < 4.78 is 1.46. The van der Waals surface area contributed by atoms with Crippen molar-refractivity contribution >= 4 is 11.6 Å². The van der Waals surface area contributed by atoms with Gasteiger partial charge in [-0.25, -0.2) is 0 Å². The molecule has 15 heavy (non-hydrogen) atoms. The van der Waals surface area contributed by atoms with Gasteiger partial charge in [-0.2, -0.15) is 0 Å². The number of carbonyl (C=O) groups is 2. The molecule has 0 radical (unpaired) electrons. The number of aromatic nitrogens is 3. The van der Waals surface area contributed by atoms with E-state index in [-0.39, 0.29) is 29.6 Å². The van der Waals surface area contributed by atoms with E-state index >= 15 is 0 Å². The third-order valence-corrected chi connectivity index (χ3v) is 2.75. The third kappa shape index (κ3) is 2.11. The van der Waals surface area contributed by atoms with Crippen molar-refractivity contribution in [2.75, 3.05) is 0 Å². The molecule has 2 unspecified atom stereocenters. The maximum Gasteiger partial charge on any atom is 0.192 e. The molecule has 5 nitrogen and oxygen atoms in total. The molecular formula is C10H13N3O2. The van der Waals surface area contributed by atoms with Crippen molar-refractivity contribution in [1.29, 1.82) is 0 Å². The molecule has 0 aliphatic heterocycles. The molecule has 1 aliphatic rings. The highest BCUT2D eigenvalue weighted by molar-refractivity contribution is 6.08. The first-order valence-corrected chi connectivity index (χ1v) is 5.00. The third-order valence-electron chi connectivity index (χ3n) is 2.75. The molecule has 0 bridgehead atoms. The van der Waals surface area contributed by atoms with Gasteiger partial charge in [-0.1, -0.05) is 12.1 Å². The van der Waals surface area contributed by atoms with Crippen LogP contribution in [0.4, 0.5) is 0 Å². The Kier molecular flexibility index (Phi) is 2.38. The number of rotatable bonds is 4. The summed E-state index contributed by atoms with van der Waals surface area (Å²) in [7, 11) is 1.69. The number of carbonyl (C=O) groups excluding carboxylic acids is 2. The molecule has 80 valence electrons. The average Bonchev–Trinajstić information content (AvgIpc) is 2.73. The Morgan fingerprint density at radius 2 is 2.27 bits per heavy atom. The zero-order valence-electron chi connectivity index (χ0n) is 8.80. The van der Waals surface area contributed by atoms with E-state index in [1.165, 1.54) is 10.9 Å². The first kappa shape index (κ1) is 10.0. The van der Waals surface area contributed by atoms with Crippen molar-refractivity contribution in [3.63, 3.8) is 0 Å². The molecule has 1 aromatic rings. The minimum Gasteiger partial charge on any atom is -0.299 e. The minimum atomic E-state index is -0.229. The lowest BCUT2D eigenvalue weighted by molar-refractivity contribution is -0.119. The molecule has 0 saturated heterocycles. The first-order chi connectivity index (χ1) is 7.08. The zero-order valence-corrected chi connectivity index (χ0v) is 8.80. The highest BCUT2D eigenvalue weighted by Gasteiger charge is 2.39. The van der Waals surface area contributed by atoms with Gasteiger partial charge < -0.3 is 0 Å². The number of hydrogen-bond acceptors (Lipinski definition) is 4. The van der Waals surface area contributed by atoms with Gasteiger partial charge in [-0.3, -0.25) is 14.3 Å². The largest absolute Gasteiger partial charge is 0.299 e. The van der Waals surface area contributed by atoms with E-state index in [0.717, 1.165) is 6.42 Å². The molecule has 1 fully saturated rings. The fraction of sp³-hybridized carbons (Fsp3) is 0.600. The van der Waals surface area contributed by atoms with Gasteiger partial charge in [0.2, 0.25) is 0 Å². The van der Waals surface area contributed by atoms with Gasteiger partial charge in [0, 0.05) is 13.0 Å². The Bertz CT molecular complexity index is 411. The van der Waals surface area contributed by atoms with Crippen LogP contribution >= 0.6 is 0 Å². The maximum absolute atomic E-state index is 11.6. The van der Waals surface area contributed by atoms with E-state index in [4.69, 9.17) is 0 Å². The van der Waals surface area contributed by atoms with Crippen LogP contribution < -0.4 is 0 Å². The maximum atomic E-state index is 11.6. The second kappa shape index (κ2) is 3.56. The molecule has 2 atom stereocenters. The summed E-state index contributed by atoms with van der Waals surface area (Å²) in [6.07, 6.45) is 2.42. The molecule has 0 amide bonds. The van der Waals surface area contributed by atoms with Crippen molar-refractivity contribution in [2.24, 2.45) is 18.9 Å². The van der Waals surface area contributed by atoms with Crippen LogP contribution in [0.3, 0.4) is 0 Å². The predicted molar refractivity (Wildman–Crippen MR) is 52.2 cm³/mol. The Hall–Kier alpha value is -1.52. The lowest BCUT2D eigenvalue weighted by atomic mass is 10.1. The SMILES string of the molecule is CC1CC1C(=O)CC(=O)c1cn(C)nn1. The van der Waals surface area contributed by atoms with Crippen LogP contribution in [0.1, 0.15) is 30.3 Å². The summed E-state index contributed by atoms with van der Waals surface area (Å²) in [6.45, 7) is 2.02. The van der Waals surface area contributed by atoms with Crippen molar-refractivity contribution in [2.45, 2.75) is 19.8 Å². The van der Waals surface area contributed by atoms with Crippen LogP contribution in [-0.2, 0) is 11.8 Å². The molecule has 0 spiro atoms.